The smallest absolute Gasteiger partial charge is 0.0701 e. The Morgan fingerprint density at radius 2 is 2.35 bits per heavy atom. The van der Waals surface area contributed by atoms with E-state index in [1.165, 1.54) is 47.6 Å². The van der Waals surface area contributed by atoms with Crippen LogP contribution < -0.4 is 5.32 Å². The highest BCUT2D eigenvalue weighted by molar-refractivity contribution is 9.11. The lowest BCUT2D eigenvalue weighted by molar-refractivity contribution is 0.110. The molecule has 0 aromatic carbocycles. The zero-order valence-corrected chi connectivity index (χ0v) is 12.4. The van der Waals surface area contributed by atoms with Gasteiger partial charge in [-0.1, -0.05) is 0 Å². The third kappa shape index (κ3) is 2.92. The molecule has 2 aliphatic rings. The molecule has 2 fully saturated rings. The van der Waals surface area contributed by atoms with Gasteiger partial charge in [-0.05, 0) is 59.8 Å². The van der Waals surface area contributed by atoms with Gasteiger partial charge in [0.25, 0.3) is 0 Å². The van der Waals surface area contributed by atoms with Gasteiger partial charge in [-0.15, -0.1) is 11.3 Å². The van der Waals surface area contributed by atoms with Crippen molar-refractivity contribution >= 4 is 27.3 Å². The fourth-order valence-electron chi connectivity index (χ4n) is 3.12. The lowest BCUT2D eigenvalue weighted by atomic mass is 9.85. The lowest BCUT2D eigenvalue weighted by Gasteiger charge is -2.41. The van der Waals surface area contributed by atoms with Gasteiger partial charge in [0.2, 0.25) is 0 Å². The largest absolute Gasteiger partial charge is 0.314 e. The maximum Gasteiger partial charge on any atom is 0.0701 e. The molecule has 0 saturated carbocycles. The summed E-state index contributed by atoms with van der Waals surface area (Å²) in [5.74, 6) is 0.890. The molecule has 2 aliphatic heterocycles. The number of nitrogens with zero attached hydrogens (tertiary/aromatic N) is 1. The molecule has 3 heterocycles. The van der Waals surface area contributed by atoms with Gasteiger partial charge < -0.3 is 5.32 Å². The molecule has 94 valence electrons. The number of hydrogen-bond donors (Lipinski definition) is 1. The normalized spacial score (nSPS) is 30.2. The summed E-state index contributed by atoms with van der Waals surface area (Å²) < 4.78 is 1.25. The van der Waals surface area contributed by atoms with Crippen LogP contribution in [0.15, 0.2) is 15.9 Å². The average molecular weight is 315 g/mol. The van der Waals surface area contributed by atoms with E-state index in [0.29, 0.717) is 0 Å². The van der Waals surface area contributed by atoms with Gasteiger partial charge in [0.15, 0.2) is 0 Å². The second-order valence-corrected chi connectivity index (χ2v) is 7.74. The Kier molecular flexibility index (Phi) is 3.85. The summed E-state index contributed by atoms with van der Waals surface area (Å²) in [7, 11) is 0. The first kappa shape index (κ1) is 12.2. The fourth-order valence-corrected chi connectivity index (χ4v) is 4.65. The van der Waals surface area contributed by atoms with Crippen LogP contribution in [0, 0.1) is 5.92 Å². The molecule has 1 N–H and O–H groups in total. The molecule has 17 heavy (non-hydrogen) atoms. The Morgan fingerprint density at radius 1 is 1.41 bits per heavy atom. The zero-order valence-electron chi connectivity index (χ0n) is 9.99. The van der Waals surface area contributed by atoms with Crippen molar-refractivity contribution in [3.63, 3.8) is 0 Å². The number of rotatable bonds is 2. The van der Waals surface area contributed by atoms with E-state index in [1.807, 2.05) is 11.3 Å². The third-order valence-corrected chi connectivity index (χ3v) is 5.59. The number of halogens is 1. The summed E-state index contributed by atoms with van der Waals surface area (Å²) in [5.41, 5.74) is 0. The van der Waals surface area contributed by atoms with Gasteiger partial charge in [0.05, 0.1) is 3.79 Å². The zero-order chi connectivity index (χ0) is 11.7. The summed E-state index contributed by atoms with van der Waals surface area (Å²) >= 11 is 5.41. The first-order valence-corrected chi connectivity index (χ1v) is 8.12. The highest BCUT2D eigenvalue weighted by atomic mass is 79.9. The minimum atomic E-state index is 0.801. The first-order chi connectivity index (χ1) is 8.31. The summed E-state index contributed by atoms with van der Waals surface area (Å²) in [6, 6.07) is 5.21. The molecule has 2 nitrogen and oxygen atoms in total. The van der Waals surface area contributed by atoms with Gasteiger partial charge in [-0.3, -0.25) is 4.90 Å². The number of hydrogen-bond acceptors (Lipinski definition) is 3. The molecule has 0 amide bonds. The maximum atomic E-state index is 3.68. The van der Waals surface area contributed by atoms with Gasteiger partial charge in [0.1, 0.15) is 0 Å². The highest BCUT2D eigenvalue weighted by Crippen LogP contribution is 2.28. The Hall–Kier alpha value is 0.1000. The first-order valence-electron chi connectivity index (χ1n) is 6.51. The van der Waals surface area contributed by atoms with Gasteiger partial charge >= 0.3 is 0 Å². The van der Waals surface area contributed by atoms with Crippen LogP contribution in [-0.2, 0) is 6.54 Å². The van der Waals surface area contributed by atoms with E-state index in [4.69, 9.17) is 0 Å². The Labute approximate surface area is 116 Å². The van der Waals surface area contributed by atoms with E-state index in [1.54, 1.807) is 0 Å². The van der Waals surface area contributed by atoms with Crippen molar-refractivity contribution in [3.8, 4) is 0 Å². The fraction of sp³-hybridized carbons (Fsp3) is 0.692. The number of nitrogens with one attached hydrogen (secondary N) is 1. The van der Waals surface area contributed by atoms with Crippen molar-refractivity contribution in [3.05, 3.63) is 20.8 Å². The summed E-state index contributed by atoms with van der Waals surface area (Å²) in [6.45, 7) is 4.91. The van der Waals surface area contributed by atoms with Crippen molar-refractivity contribution in [1.82, 2.24) is 10.2 Å². The van der Waals surface area contributed by atoms with Crippen LogP contribution in [0.2, 0.25) is 0 Å². The van der Waals surface area contributed by atoms with Crippen LogP contribution in [0.25, 0.3) is 0 Å². The predicted octanol–water partition coefficient (Wildman–Crippen LogP) is 3.08. The van der Waals surface area contributed by atoms with Crippen LogP contribution in [0.4, 0.5) is 0 Å². The average Bonchev–Trinajstić information content (AvgIpc) is 2.75. The van der Waals surface area contributed by atoms with Crippen LogP contribution in [0.3, 0.4) is 0 Å². The van der Waals surface area contributed by atoms with Crippen LogP contribution in [0.1, 0.15) is 24.1 Å². The molecule has 4 heteroatoms. The van der Waals surface area contributed by atoms with Crippen LogP contribution >= 0.6 is 27.3 Å². The monoisotopic (exact) mass is 314 g/mol. The molecule has 0 aliphatic carbocycles. The van der Waals surface area contributed by atoms with E-state index in [9.17, 15) is 0 Å². The topological polar surface area (TPSA) is 15.3 Å². The quantitative estimate of drug-likeness (QED) is 0.902. The summed E-state index contributed by atoms with van der Waals surface area (Å²) in [5, 5.41) is 3.68. The minimum absolute atomic E-state index is 0.801. The lowest BCUT2D eigenvalue weighted by Crippen LogP contribution is -2.51. The molecule has 1 aromatic rings. The van der Waals surface area contributed by atoms with E-state index < -0.39 is 0 Å². The molecule has 0 bridgehead atoms. The molecule has 0 spiro atoms. The number of fused-ring (bicyclic) bond motifs is 1. The molecule has 3 rings (SSSR count). The van der Waals surface area contributed by atoms with Crippen molar-refractivity contribution in [2.45, 2.75) is 31.8 Å². The second kappa shape index (κ2) is 5.39. The molecule has 2 unspecified atom stereocenters. The standard InChI is InChI=1S/C13H19BrN2S/c14-13-4-3-11(17-13)9-16-7-5-12-10(8-16)2-1-6-15-12/h3-4,10,12,15H,1-2,5-9H2. The van der Waals surface area contributed by atoms with Crippen molar-refractivity contribution in [2.24, 2.45) is 5.92 Å². The maximum absolute atomic E-state index is 3.68. The molecule has 0 radical (unpaired) electrons. The predicted molar refractivity (Wildman–Crippen MR) is 76.4 cm³/mol. The van der Waals surface area contributed by atoms with Crippen LogP contribution in [0.5, 0.6) is 0 Å². The Bertz CT molecular complexity index is 379. The van der Waals surface area contributed by atoms with Crippen molar-refractivity contribution in [1.29, 1.82) is 0 Å². The molecule has 2 atom stereocenters. The van der Waals surface area contributed by atoms with Crippen molar-refractivity contribution in [2.75, 3.05) is 19.6 Å². The van der Waals surface area contributed by atoms with E-state index >= 15 is 0 Å². The number of piperidine rings is 2. The summed E-state index contributed by atoms with van der Waals surface area (Å²) in [6.07, 6.45) is 4.11. The number of thiophene rings is 1. The summed E-state index contributed by atoms with van der Waals surface area (Å²) in [4.78, 5) is 4.12. The second-order valence-electron chi connectivity index (χ2n) is 5.19. The molecular weight excluding hydrogens is 296 g/mol. The highest BCUT2D eigenvalue weighted by Gasteiger charge is 2.30. The molecular formula is C13H19BrN2S. The van der Waals surface area contributed by atoms with Gasteiger partial charge in [-0.25, -0.2) is 0 Å². The SMILES string of the molecule is Brc1ccc(CN2CCC3NCCCC3C2)s1. The Balaban J connectivity index is 1.58. The van der Waals surface area contributed by atoms with Gasteiger partial charge in [0, 0.05) is 30.6 Å². The number of likely N-dealkylation sites (tertiary alicyclic amines) is 1. The molecule has 1 aromatic heterocycles. The molecule has 2 saturated heterocycles. The van der Waals surface area contributed by atoms with Gasteiger partial charge in [-0.2, -0.15) is 0 Å². The third-order valence-electron chi connectivity index (χ3n) is 3.98. The van der Waals surface area contributed by atoms with E-state index in [2.05, 4.69) is 38.3 Å². The van der Waals surface area contributed by atoms with Crippen molar-refractivity contribution < 1.29 is 0 Å². The van der Waals surface area contributed by atoms with Crippen LogP contribution in [-0.4, -0.2) is 30.6 Å². The van der Waals surface area contributed by atoms with E-state index in [-0.39, 0.29) is 0 Å². The van der Waals surface area contributed by atoms with E-state index in [0.717, 1.165) is 18.5 Å². The Morgan fingerprint density at radius 3 is 3.18 bits per heavy atom. The minimum Gasteiger partial charge on any atom is -0.314 e.